The molecule has 7 heteroatoms. The van der Waals surface area contributed by atoms with Gasteiger partial charge in [0.2, 0.25) is 6.29 Å². The number of hydrogen-bond donors (Lipinski definition) is 3. The minimum atomic E-state index is -0.302. The fraction of sp³-hybridized carbons (Fsp3) is 0.111. The number of anilines is 3. The number of benzene rings is 2. The lowest BCUT2D eigenvalue weighted by Gasteiger charge is -2.13. The Hall–Kier alpha value is -3.48. The molecule has 0 bridgehead atoms. The number of H-pyrrole nitrogens is 1. The molecule has 2 aromatic heterocycles. The number of aromatic amines is 1. The zero-order valence-electron chi connectivity index (χ0n) is 13.4. The maximum absolute atomic E-state index is 6.18. The van der Waals surface area contributed by atoms with Crippen LogP contribution in [-0.4, -0.2) is 21.5 Å². The predicted octanol–water partition coefficient (Wildman–Crippen LogP) is 3.55. The highest BCUT2D eigenvalue weighted by molar-refractivity contribution is 6.00. The molecule has 0 radical (unpaired) electrons. The van der Waals surface area contributed by atoms with E-state index < -0.39 is 0 Å². The van der Waals surface area contributed by atoms with Crippen molar-refractivity contribution in [3.8, 4) is 11.5 Å². The average Bonchev–Trinajstić information content (AvgIpc) is 3.20. The smallest absolute Gasteiger partial charge is 0.238 e. The molecule has 1 unspecified atom stereocenters. The van der Waals surface area contributed by atoms with Crippen LogP contribution in [0.15, 0.2) is 42.7 Å². The summed E-state index contributed by atoms with van der Waals surface area (Å²) < 4.78 is 11.3. The van der Waals surface area contributed by atoms with Crippen LogP contribution in [0.1, 0.15) is 6.92 Å². The van der Waals surface area contributed by atoms with Gasteiger partial charge < -0.3 is 20.5 Å². The molecular formula is C18H15N5O2. The van der Waals surface area contributed by atoms with Crippen LogP contribution in [0.25, 0.3) is 21.8 Å². The number of hydrogen-bond acceptors (Lipinski definition) is 6. The molecular weight excluding hydrogens is 318 g/mol. The molecule has 1 aliphatic rings. The van der Waals surface area contributed by atoms with Crippen LogP contribution in [0.3, 0.4) is 0 Å². The summed E-state index contributed by atoms with van der Waals surface area (Å²) in [5.74, 6) is 1.39. The van der Waals surface area contributed by atoms with E-state index in [2.05, 4.69) is 20.5 Å². The maximum Gasteiger partial charge on any atom is 0.238 e. The number of nitrogen functional groups attached to an aromatic ring is 1. The molecule has 1 atom stereocenters. The van der Waals surface area contributed by atoms with Gasteiger partial charge in [-0.2, -0.15) is 5.10 Å². The van der Waals surface area contributed by atoms with Gasteiger partial charge in [-0.25, -0.2) is 0 Å². The molecule has 124 valence electrons. The summed E-state index contributed by atoms with van der Waals surface area (Å²) in [4.78, 5) is 4.41. The summed E-state index contributed by atoms with van der Waals surface area (Å²) in [5.41, 5.74) is 10.2. The minimum absolute atomic E-state index is 0.302. The number of ether oxygens (including phenoxy) is 2. The molecule has 3 heterocycles. The first kappa shape index (κ1) is 13.9. The number of aromatic nitrogens is 3. The van der Waals surface area contributed by atoms with Gasteiger partial charge in [-0.1, -0.05) is 0 Å². The van der Waals surface area contributed by atoms with Crippen molar-refractivity contribution in [2.24, 2.45) is 0 Å². The highest BCUT2D eigenvalue weighted by Gasteiger charge is 2.22. The predicted molar refractivity (Wildman–Crippen MR) is 96.2 cm³/mol. The van der Waals surface area contributed by atoms with Crippen molar-refractivity contribution in [3.63, 3.8) is 0 Å². The number of nitrogens with two attached hydrogens (primary N) is 1. The van der Waals surface area contributed by atoms with Gasteiger partial charge in [-0.3, -0.25) is 10.1 Å². The third kappa shape index (κ3) is 2.20. The molecule has 0 spiro atoms. The topological polar surface area (TPSA) is 98.1 Å². The molecule has 0 aliphatic carbocycles. The van der Waals surface area contributed by atoms with Crippen molar-refractivity contribution in [1.82, 2.24) is 15.2 Å². The summed E-state index contributed by atoms with van der Waals surface area (Å²) >= 11 is 0. The molecule has 0 saturated carbocycles. The van der Waals surface area contributed by atoms with Gasteiger partial charge >= 0.3 is 0 Å². The second-order valence-corrected chi connectivity index (χ2v) is 6.00. The molecule has 0 fully saturated rings. The molecule has 2 aromatic carbocycles. The Balaban J connectivity index is 1.64. The second kappa shape index (κ2) is 5.01. The molecule has 0 saturated heterocycles. The van der Waals surface area contributed by atoms with E-state index in [1.807, 2.05) is 37.3 Å². The first-order valence-corrected chi connectivity index (χ1v) is 7.93. The van der Waals surface area contributed by atoms with Crippen molar-refractivity contribution in [3.05, 3.63) is 42.7 Å². The van der Waals surface area contributed by atoms with Crippen molar-refractivity contribution in [2.75, 3.05) is 11.1 Å². The number of nitrogens with one attached hydrogen (secondary N) is 2. The highest BCUT2D eigenvalue weighted by atomic mass is 16.7. The summed E-state index contributed by atoms with van der Waals surface area (Å²) in [6, 6.07) is 9.75. The monoisotopic (exact) mass is 333 g/mol. The minimum Gasteiger partial charge on any atom is -0.451 e. The molecule has 0 amide bonds. The molecule has 25 heavy (non-hydrogen) atoms. The average molecular weight is 333 g/mol. The molecule has 5 rings (SSSR count). The lowest BCUT2D eigenvalue weighted by atomic mass is 10.1. The van der Waals surface area contributed by atoms with E-state index in [0.29, 0.717) is 17.2 Å². The van der Waals surface area contributed by atoms with Crippen molar-refractivity contribution < 1.29 is 9.47 Å². The van der Waals surface area contributed by atoms with Crippen LogP contribution in [0.2, 0.25) is 0 Å². The number of rotatable bonds is 2. The third-order valence-electron chi connectivity index (χ3n) is 4.26. The van der Waals surface area contributed by atoms with E-state index >= 15 is 0 Å². The second-order valence-electron chi connectivity index (χ2n) is 6.00. The summed E-state index contributed by atoms with van der Waals surface area (Å²) in [6.07, 6.45) is 3.13. The van der Waals surface area contributed by atoms with Crippen LogP contribution in [0.4, 0.5) is 17.1 Å². The van der Waals surface area contributed by atoms with E-state index in [9.17, 15) is 0 Å². The highest BCUT2D eigenvalue weighted by Crippen LogP contribution is 2.41. The fourth-order valence-corrected chi connectivity index (χ4v) is 3.09. The summed E-state index contributed by atoms with van der Waals surface area (Å²) in [6.45, 7) is 1.85. The first-order valence-electron chi connectivity index (χ1n) is 7.93. The summed E-state index contributed by atoms with van der Waals surface area (Å²) in [7, 11) is 0. The van der Waals surface area contributed by atoms with Crippen molar-refractivity contribution >= 4 is 38.9 Å². The van der Waals surface area contributed by atoms with Gasteiger partial charge in [0.15, 0.2) is 11.5 Å². The van der Waals surface area contributed by atoms with Gasteiger partial charge in [0.05, 0.1) is 34.8 Å². The number of fused-ring (bicyclic) bond motifs is 3. The van der Waals surface area contributed by atoms with E-state index in [1.54, 1.807) is 12.4 Å². The SMILES string of the molecule is CC1Oc2cc3ncc(N)c(Nc4ccc5[nH]ncc5c4)c3cc2O1. The molecule has 4 N–H and O–H groups in total. The van der Waals surface area contributed by atoms with Gasteiger partial charge in [0.1, 0.15) is 0 Å². The normalized spacial score (nSPS) is 15.8. The first-order chi connectivity index (χ1) is 12.2. The van der Waals surface area contributed by atoms with Crippen LogP contribution in [-0.2, 0) is 0 Å². The van der Waals surface area contributed by atoms with E-state index in [1.165, 1.54) is 0 Å². The standard InChI is InChI=1S/C18H15N5O2/c1-9-24-16-5-12-15(6-17(16)25-9)20-8-13(19)18(12)22-11-2-3-14-10(4-11)7-21-23-14/h2-9H,19H2,1H3,(H,20,22)(H,21,23). The van der Waals surface area contributed by atoms with Crippen LogP contribution >= 0.6 is 0 Å². The molecule has 4 aromatic rings. The zero-order chi connectivity index (χ0) is 17.0. The maximum atomic E-state index is 6.18. The summed E-state index contributed by atoms with van der Waals surface area (Å²) in [5, 5.41) is 12.3. The number of pyridine rings is 1. The third-order valence-corrected chi connectivity index (χ3v) is 4.26. The largest absolute Gasteiger partial charge is 0.451 e. The fourth-order valence-electron chi connectivity index (χ4n) is 3.09. The van der Waals surface area contributed by atoms with E-state index in [-0.39, 0.29) is 6.29 Å². The van der Waals surface area contributed by atoms with Gasteiger partial charge in [0.25, 0.3) is 0 Å². The number of nitrogens with zero attached hydrogens (tertiary/aromatic N) is 2. The molecule has 7 nitrogen and oxygen atoms in total. The van der Waals surface area contributed by atoms with E-state index in [0.717, 1.165) is 33.2 Å². The lowest BCUT2D eigenvalue weighted by molar-refractivity contribution is 0.0679. The van der Waals surface area contributed by atoms with Crippen LogP contribution in [0.5, 0.6) is 11.5 Å². The van der Waals surface area contributed by atoms with Crippen molar-refractivity contribution in [2.45, 2.75) is 13.2 Å². The van der Waals surface area contributed by atoms with Gasteiger partial charge in [0, 0.05) is 29.4 Å². The van der Waals surface area contributed by atoms with Crippen molar-refractivity contribution in [1.29, 1.82) is 0 Å². The Bertz CT molecular complexity index is 1120. The zero-order valence-corrected chi connectivity index (χ0v) is 13.4. The van der Waals surface area contributed by atoms with Gasteiger partial charge in [-0.15, -0.1) is 0 Å². The van der Waals surface area contributed by atoms with Crippen LogP contribution < -0.4 is 20.5 Å². The Morgan fingerprint density at radius 2 is 1.96 bits per heavy atom. The Morgan fingerprint density at radius 1 is 1.12 bits per heavy atom. The lowest BCUT2D eigenvalue weighted by Crippen LogP contribution is -2.11. The van der Waals surface area contributed by atoms with Crippen LogP contribution in [0, 0.1) is 0 Å². The molecule has 1 aliphatic heterocycles. The van der Waals surface area contributed by atoms with Gasteiger partial charge in [-0.05, 0) is 24.3 Å². The quantitative estimate of drug-likeness (QED) is 0.519. The Labute approximate surface area is 142 Å². The Morgan fingerprint density at radius 3 is 2.84 bits per heavy atom. The Kier molecular flexibility index (Phi) is 2.79. The van der Waals surface area contributed by atoms with E-state index in [4.69, 9.17) is 15.2 Å².